The summed E-state index contributed by atoms with van der Waals surface area (Å²) in [6.45, 7) is 10.5. The van der Waals surface area contributed by atoms with Gasteiger partial charge in [0.1, 0.15) is 6.04 Å². The maximum Gasteiger partial charge on any atom is 0.242 e. The van der Waals surface area contributed by atoms with Crippen molar-refractivity contribution in [3.05, 3.63) is 63.6 Å². The predicted octanol–water partition coefficient (Wildman–Crippen LogP) is 4.80. The summed E-state index contributed by atoms with van der Waals surface area (Å²) in [5.74, 6) is -0.112. The third-order valence-electron chi connectivity index (χ3n) is 5.88. The van der Waals surface area contributed by atoms with Crippen LogP contribution in [0.2, 0.25) is 0 Å². The Hall–Kier alpha value is -2.39. The molecule has 0 radical (unpaired) electrons. The molecule has 0 saturated carbocycles. The van der Waals surface area contributed by atoms with Crippen molar-refractivity contribution in [2.45, 2.75) is 60.0 Å². The number of nitrogens with zero attached hydrogens (tertiary/aromatic N) is 2. The lowest BCUT2D eigenvalue weighted by Crippen LogP contribution is -2.48. The molecular weight excluding hydrogens is 542 g/mol. The van der Waals surface area contributed by atoms with E-state index in [1.54, 1.807) is 11.8 Å². The quantitative estimate of drug-likeness (QED) is 0.391. The second-order valence-corrected chi connectivity index (χ2v) is 12.5. The number of anilines is 1. The van der Waals surface area contributed by atoms with Crippen LogP contribution in [0.25, 0.3) is 0 Å². The van der Waals surface area contributed by atoms with E-state index >= 15 is 0 Å². The number of nitrogens with one attached hydrogen (secondary N) is 1. The Morgan fingerprint density at radius 2 is 1.75 bits per heavy atom. The molecule has 2 rings (SSSR count). The Bertz CT molecular complexity index is 1170. The molecule has 9 heteroatoms. The zero-order chi connectivity index (χ0) is 27.0. The van der Waals surface area contributed by atoms with Gasteiger partial charge < -0.3 is 10.2 Å². The molecule has 1 unspecified atom stereocenters. The first-order chi connectivity index (χ1) is 16.8. The molecule has 1 N–H and O–H groups in total. The summed E-state index contributed by atoms with van der Waals surface area (Å²) in [6.07, 6.45) is 1.62. The van der Waals surface area contributed by atoms with Gasteiger partial charge in [-0.3, -0.25) is 13.9 Å². The van der Waals surface area contributed by atoms with E-state index in [9.17, 15) is 18.0 Å². The van der Waals surface area contributed by atoms with Crippen LogP contribution in [0, 0.1) is 19.8 Å². The smallest absolute Gasteiger partial charge is 0.242 e. The highest BCUT2D eigenvalue weighted by atomic mass is 79.9. The molecule has 0 aliphatic rings. The van der Waals surface area contributed by atoms with Crippen molar-refractivity contribution < 1.29 is 18.0 Å². The van der Waals surface area contributed by atoms with Crippen LogP contribution in [0.15, 0.2) is 46.9 Å². The SMILES string of the molecule is Cc1ccc(C)c(N(CCCC(=O)N(Cc2cccc(Br)c2)C(C)C(=O)NCC(C)C)S(C)(=O)=O)c1. The number of aryl methyl sites for hydroxylation is 2. The van der Waals surface area contributed by atoms with Gasteiger partial charge in [0, 0.05) is 30.5 Å². The van der Waals surface area contributed by atoms with Gasteiger partial charge >= 0.3 is 0 Å². The zero-order valence-corrected chi connectivity index (χ0v) is 24.4. The van der Waals surface area contributed by atoms with Gasteiger partial charge in [0.15, 0.2) is 0 Å². The third kappa shape index (κ3) is 8.92. The first kappa shape index (κ1) is 29.8. The average Bonchev–Trinajstić information content (AvgIpc) is 2.79. The monoisotopic (exact) mass is 579 g/mol. The minimum atomic E-state index is -3.53. The average molecular weight is 581 g/mol. The van der Waals surface area contributed by atoms with E-state index in [0.29, 0.717) is 24.6 Å². The predicted molar refractivity (Wildman–Crippen MR) is 149 cm³/mol. The Kier molecular flexibility index (Phi) is 11.0. The highest BCUT2D eigenvalue weighted by molar-refractivity contribution is 9.10. The fourth-order valence-corrected chi connectivity index (χ4v) is 5.30. The van der Waals surface area contributed by atoms with Crippen LogP contribution in [0.1, 0.15) is 50.3 Å². The fourth-order valence-electron chi connectivity index (χ4n) is 3.84. The van der Waals surface area contributed by atoms with E-state index in [0.717, 1.165) is 21.2 Å². The summed E-state index contributed by atoms with van der Waals surface area (Å²) >= 11 is 3.46. The Morgan fingerprint density at radius 1 is 1.06 bits per heavy atom. The van der Waals surface area contributed by atoms with Crippen LogP contribution < -0.4 is 9.62 Å². The third-order valence-corrected chi connectivity index (χ3v) is 7.55. The molecule has 1 atom stereocenters. The van der Waals surface area contributed by atoms with E-state index in [4.69, 9.17) is 0 Å². The summed E-state index contributed by atoms with van der Waals surface area (Å²) in [6, 6.07) is 12.6. The van der Waals surface area contributed by atoms with Gasteiger partial charge in [0.25, 0.3) is 0 Å². The van der Waals surface area contributed by atoms with Crippen LogP contribution in [0.5, 0.6) is 0 Å². The molecule has 0 bridgehead atoms. The largest absolute Gasteiger partial charge is 0.354 e. The molecule has 2 aromatic carbocycles. The number of rotatable bonds is 12. The lowest BCUT2D eigenvalue weighted by Gasteiger charge is -2.30. The van der Waals surface area contributed by atoms with Crippen LogP contribution in [-0.2, 0) is 26.2 Å². The fraction of sp³-hybridized carbons (Fsp3) is 0.481. The molecule has 0 aliphatic carbocycles. The molecule has 0 spiro atoms. The number of hydrogen-bond acceptors (Lipinski definition) is 4. The van der Waals surface area contributed by atoms with Gasteiger partial charge in [-0.2, -0.15) is 0 Å². The second-order valence-electron chi connectivity index (χ2n) is 9.70. The minimum absolute atomic E-state index is 0.118. The molecule has 2 aromatic rings. The number of amides is 2. The summed E-state index contributed by atoms with van der Waals surface area (Å²) < 4.78 is 27.4. The molecule has 0 aliphatic heterocycles. The number of carbonyl (C=O) groups is 2. The Labute approximate surface area is 224 Å². The van der Waals surface area contributed by atoms with Crippen molar-refractivity contribution >= 4 is 43.5 Å². The topological polar surface area (TPSA) is 86.8 Å². The highest BCUT2D eigenvalue weighted by Crippen LogP contribution is 2.25. The van der Waals surface area contributed by atoms with E-state index in [2.05, 4.69) is 21.2 Å². The summed E-state index contributed by atoms with van der Waals surface area (Å²) in [4.78, 5) is 27.8. The minimum Gasteiger partial charge on any atom is -0.354 e. The van der Waals surface area contributed by atoms with Gasteiger partial charge in [-0.1, -0.05) is 54.0 Å². The number of sulfonamides is 1. The first-order valence-electron chi connectivity index (χ1n) is 12.2. The van der Waals surface area contributed by atoms with E-state index in [1.165, 1.54) is 10.6 Å². The van der Waals surface area contributed by atoms with Gasteiger partial charge in [-0.05, 0) is 68.0 Å². The van der Waals surface area contributed by atoms with Gasteiger partial charge in [0.2, 0.25) is 21.8 Å². The van der Waals surface area contributed by atoms with E-state index < -0.39 is 16.1 Å². The van der Waals surface area contributed by atoms with Crippen molar-refractivity contribution in [2.24, 2.45) is 5.92 Å². The Morgan fingerprint density at radius 3 is 2.36 bits per heavy atom. The summed E-state index contributed by atoms with van der Waals surface area (Å²) in [5, 5.41) is 2.91. The maximum atomic E-state index is 13.4. The van der Waals surface area contributed by atoms with E-state index in [1.807, 2.05) is 70.2 Å². The molecule has 0 heterocycles. The van der Waals surface area contributed by atoms with E-state index in [-0.39, 0.29) is 31.3 Å². The molecule has 2 amide bonds. The number of hydrogen-bond donors (Lipinski definition) is 1. The van der Waals surface area contributed by atoms with Gasteiger partial charge in [-0.15, -0.1) is 0 Å². The molecule has 0 saturated heterocycles. The number of halogens is 1. The number of carbonyl (C=O) groups excluding carboxylic acids is 2. The molecule has 0 aromatic heterocycles. The lowest BCUT2D eigenvalue weighted by molar-refractivity contribution is -0.140. The van der Waals surface area contributed by atoms with Crippen molar-refractivity contribution in [3.63, 3.8) is 0 Å². The lowest BCUT2D eigenvalue weighted by atomic mass is 10.1. The summed E-state index contributed by atoms with van der Waals surface area (Å²) in [5.41, 5.74) is 3.33. The number of benzene rings is 2. The first-order valence-corrected chi connectivity index (χ1v) is 14.8. The van der Waals surface area contributed by atoms with Crippen molar-refractivity contribution in [1.82, 2.24) is 10.2 Å². The van der Waals surface area contributed by atoms with Gasteiger partial charge in [0.05, 0.1) is 11.9 Å². The van der Waals surface area contributed by atoms with Crippen LogP contribution >= 0.6 is 15.9 Å². The molecule has 0 fully saturated rings. The molecule has 198 valence electrons. The van der Waals surface area contributed by atoms with Gasteiger partial charge in [-0.25, -0.2) is 8.42 Å². The highest BCUT2D eigenvalue weighted by Gasteiger charge is 2.27. The molecule has 36 heavy (non-hydrogen) atoms. The maximum absolute atomic E-state index is 13.4. The summed E-state index contributed by atoms with van der Waals surface area (Å²) in [7, 11) is -3.53. The van der Waals surface area contributed by atoms with Crippen molar-refractivity contribution in [2.75, 3.05) is 23.7 Å². The standard InChI is InChI=1S/C27H38BrN3O4S/c1-19(2)17-29-27(33)22(5)30(18-23-9-7-10-24(28)16-23)26(32)11-8-14-31(36(6,34)35)25-15-20(3)12-13-21(25)4/h7,9-10,12-13,15-16,19,22H,8,11,14,17-18H2,1-6H3,(H,29,33). The van der Waals surface area contributed by atoms with Crippen molar-refractivity contribution in [3.8, 4) is 0 Å². The Balaban J connectivity index is 2.19. The van der Waals surface area contributed by atoms with Crippen LogP contribution in [0.3, 0.4) is 0 Å². The molecular formula is C27H38BrN3O4S. The normalized spacial score (nSPS) is 12.3. The van der Waals surface area contributed by atoms with Crippen molar-refractivity contribution in [1.29, 1.82) is 0 Å². The van der Waals surface area contributed by atoms with Crippen LogP contribution in [-0.4, -0.2) is 50.5 Å². The second kappa shape index (κ2) is 13.2. The van der Waals surface area contributed by atoms with Crippen LogP contribution in [0.4, 0.5) is 5.69 Å². The molecule has 7 nitrogen and oxygen atoms in total. The zero-order valence-electron chi connectivity index (χ0n) is 22.0.